The van der Waals surface area contributed by atoms with Gasteiger partial charge in [-0.3, -0.25) is 0 Å². The molecule has 1 aromatic heterocycles. The lowest BCUT2D eigenvalue weighted by Crippen LogP contribution is -2.45. The van der Waals surface area contributed by atoms with Gasteiger partial charge in [-0.15, -0.1) is 4.72 Å². The quantitative estimate of drug-likeness (QED) is 0.179. The monoisotopic (exact) mass is 568 g/mol. The van der Waals surface area contributed by atoms with Crippen LogP contribution in [0.15, 0.2) is 18.2 Å². The molecule has 1 aromatic carbocycles. The summed E-state index contributed by atoms with van der Waals surface area (Å²) in [6, 6.07) is 6.80. The predicted octanol–water partition coefficient (Wildman–Crippen LogP) is 6.68. The minimum absolute atomic E-state index is 0.0103. The van der Waals surface area contributed by atoms with Gasteiger partial charge >= 0.3 is 0 Å². The number of benzene rings is 1. The van der Waals surface area contributed by atoms with E-state index < -0.39 is 36.1 Å². The van der Waals surface area contributed by atoms with Crippen molar-refractivity contribution in [2.24, 2.45) is 17.6 Å². The lowest BCUT2D eigenvalue weighted by molar-refractivity contribution is -0.0495. The van der Waals surface area contributed by atoms with Gasteiger partial charge in [-0.2, -0.15) is 0 Å². The molecule has 2 fully saturated rings. The Kier molecular flexibility index (Phi) is 9.01. The van der Waals surface area contributed by atoms with Crippen molar-refractivity contribution in [2.45, 2.75) is 114 Å². The first-order valence-electron chi connectivity index (χ1n) is 14.0. The van der Waals surface area contributed by atoms with Gasteiger partial charge in [0, 0.05) is 44.9 Å². The molecule has 214 valence electrons. The predicted molar refractivity (Wildman–Crippen MR) is 154 cm³/mol. The third kappa shape index (κ3) is 7.57. The molecule has 2 saturated carbocycles. The van der Waals surface area contributed by atoms with Crippen molar-refractivity contribution in [1.82, 2.24) is 14.3 Å². The first kappa shape index (κ1) is 29.9. The van der Waals surface area contributed by atoms with E-state index >= 15 is 0 Å². The molecule has 0 amide bonds. The van der Waals surface area contributed by atoms with E-state index in [0.717, 1.165) is 35.5 Å². The molecule has 2 aliphatic carbocycles. The Hall–Kier alpha value is -1.04. The van der Waals surface area contributed by atoms with Crippen molar-refractivity contribution in [3.05, 3.63) is 29.6 Å². The number of ether oxygens (including phenoxy) is 1. The number of nitrogens with two attached hydrogens (primary N) is 1. The first-order valence-corrected chi connectivity index (χ1v) is 18.9. The van der Waals surface area contributed by atoms with Crippen LogP contribution in [0.4, 0.5) is 8.78 Å². The van der Waals surface area contributed by atoms with Crippen LogP contribution in [0.1, 0.15) is 82.8 Å². The van der Waals surface area contributed by atoms with Gasteiger partial charge in [0.2, 0.25) is 5.92 Å². The highest BCUT2D eigenvalue weighted by Crippen LogP contribution is 2.43. The molecule has 0 radical (unpaired) electrons. The Balaban J connectivity index is 1.71. The van der Waals surface area contributed by atoms with Crippen LogP contribution in [0.25, 0.3) is 11.0 Å². The van der Waals surface area contributed by atoms with Gasteiger partial charge in [0.1, 0.15) is 23.3 Å². The Bertz CT molecular complexity index is 1090. The van der Waals surface area contributed by atoms with Gasteiger partial charge in [0.15, 0.2) is 0 Å². The maximum absolute atomic E-state index is 14.1. The first-order chi connectivity index (χ1) is 17.6. The number of aromatic nitrogens is 2. The summed E-state index contributed by atoms with van der Waals surface area (Å²) in [5.41, 5.74) is 9.32. The van der Waals surface area contributed by atoms with Crippen molar-refractivity contribution in [1.29, 1.82) is 0 Å². The molecule has 4 rings (SSSR count). The number of fused-ring (bicyclic) bond motifs is 1. The number of halogens is 2. The van der Waals surface area contributed by atoms with Gasteiger partial charge in [0.25, 0.3) is 0 Å². The normalized spacial score (nSPS) is 21.5. The highest BCUT2D eigenvalue weighted by molar-refractivity contribution is 7.90. The summed E-state index contributed by atoms with van der Waals surface area (Å²) in [4.78, 5) is 5.06. The molecule has 3 N–H and O–H groups in total. The molecular formula is C28H46F2N4O2SSi. The zero-order chi connectivity index (χ0) is 27.9. The summed E-state index contributed by atoms with van der Waals surface area (Å²) in [5.74, 6) is -1.52. The van der Waals surface area contributed by atoms with E-state index in [2.05, 4.69) is 47.1 Å². The highest BCUT2D eigenvalue weighted by atomic mass is 32.2. The fourth-order valence-electron chi connectivity index (χ4n) is 5.06. The van der Waals surface area contributed by atoms with Crippen molar-refractivity contribution in [3.63, 3.8) is 0 Å². The van der Waals surface area contributed by atoms with E-state index in [1.807, 2.05) is 20.8 Å². The number of nitrogens with zero attached hydrogens (tertiary/aromatic N) is 2. The minimum Gasteiger partial charge on any atom is -0.598 e. The summed E-state index contributed by atoms with van der Waals surface area (Å²) < 4.78 is 52.6. The Morgan fingerprint density at radius 2 is 1.84 bits per heavy atom. The molecule has 0 unspecified atom stereocenters. The van der Waals surface area contributed by atoms with Crippen molar-refractivity contribution >= 4 is 30.5 Å². The smallest absolute Gasteiger partial charge is 0.248 e. The molecule has 0 aliphatic heterocycles. The summed E-state index contributed by atoms with van der Waals surface area (Å²) in [6.45, 7) is 13.7. The molecule has 6 nitrogen and oxygen atoms in total. The molecule has 38 heavy (non-hydrogen) atoms. The number of imidazole rings is 1. The Morgan fingerprint density at radius 3 is 2.42 bits per heavy atom. The van der Waals surface area contributed by atoms with Crippen molar-refractivity contribution < 1.29 is 18.1 Å². The van der Waals surface area contributed by atoms with Gasteiger partial charge in [-0.25, -0.2) is 13.8 Å². The van der Waals surface area contributed by atoms with E-state index in [1.165, 1.54) is 0 Å². The second kappa shape index (κ2) is 11.4. The highest BCUT2D eigenvalue weighted by Gasteiger charge is 2.42. The average molecular weight is 569 g/mol. The van der Waals surface area contributed by atoms with Crippen LogP contribution in [0.3, 0.4) is 0 Å². The second-order valence-corrected chi connectivity index (χ2v) is 21.1. The maximum Gasteiger partial charge on any atom is 0.248 e. The fourth-order valence-corrected chi connectivity index (χ4v) is 6.69. The third-order valence-electron chi connectivity index (χ3n) is 7.83. The Morgan fingerprint density at radius 1 is 1.18 bits per heavy atom. The number of nitrogens with one attached hydrogen (secondary N) is 1. The summed E-state index contributed by atoms with van der Waals surface area (Å²) in [6.07, 6.45) is 2.69. The van der Waals surface area contributed by atoms with Crippen LogP contribution in [0.2, 0.25) is 25.7 Å². The molecule has 0 spiro atoms. The third-order valence-corrected chi connectivity index (χ3v) is 11.1. The number of rotatable bonds is 11. The molecular weight excluding hydrogens is 522 g/mol. The van der Waals surface area contributed by atoms with Crippen LogP contribution in [-0.2, 0) is 22.8 Å². The fraction of sp³-hybridized carbons (Fsp3) is 0.750. The van der Waals surface area contributed by atoms with Gasteiger partial charge in [0.05, 0.1) is 11.0 Å². The SMILES string of the molecule is CC(C)(C)[S@@+]([O-])N[C@H](c1nc2cc([C@H](N)C3CC3)ccc2n1COCC[Si](C)(C)C)C1CCC(F)(F)CC1. The lowest BCUT2D eigenvalue weighted by atomic mass is 9.82. The second-order valence-electron chi connectivity index (χ2n) is 13.5. The standard InChI is InChI=1S/C28H46F2N4O2SSi/c1-27(2,3)37(35)33-25(20-11-13-28(29,30)14-12-20)26-32-22-17-21(24(31)19-7-8-19)9-10-23(22)34(26)18-36-15-16-38(4,5)6/h9-10,17,19-20,24-25,33H,7-8,11-16,18,31H2,1-6H3/t24-,25+,37-/m1/s1. The number of hydrogen-bond donors (Lipinski definition) is 2. The van der Waals surface area contributed by atoms with Crippen LogP contribution in [0, 0.1) is 11.8 Å². The number of alkyl halides is 2. The van der Waals surface area contributed by atoms with Crippen LogP contribution >= 0.6 is 0 Å². The maximum atomic E-state index is 14.1. The van der Waals surface area contributed by atoms with E-state index in [9.17, 15) is 13.3 Å². The molecule has 1 heterocycles. The molecule has 2 aromatic rings. The van der Waals surface area contributed by atoms with Crippen LogP contribution in [-0.4, -0.2) is 39.5 Å². The summed E-state index contributed by atoms with van der Waals surface area (Å²) in [7, 11) is -1.26. The number of hydrogen-bond acceptors (Lipinski definition) is 5. The van der Waals surface area contributed by atoms with Gasteiger partial charge in [-0.1, -0.05) is 25.7 Å². The topological polar surface area (TPSA) is 88.2 Å². The van der Waals surface area contributed by atoms with E-state index in [0.29, 0.717) is 37.9 Å². The average Bonchev–Trinajstić information content (AvgIpc) is 3.60. The largest absolute Gasteiger partial charge is 0.598 e. The molecule has 3 atom stereocenters. The van der Waals surface area contributed by atoms with Crippen molar-refractivity contribution in [3.8, 4) is 0 Å². The van der Waals surface area contributed by atoms with E-state index in [4.69, 9.17) is 15.5 Å². The van der Waals surface area contributed by atoms with Crippen LogP contribution in [0.5, 0.6) is 0 Å². The zero-order valence-electron chi connectivity index (χ0n) is 23.9. The van der Waals surface area contributed by atoms with Gasteiger partial charge in [-0.05, 0) is 82.0 Å². The molecule has 10 heteroatoms. The molecule has 0 saturated heterocycles. The molecule has 0 bridgehead atoms. The van der Waals surface area contributed by atoms with E-state index in [-0.39, 0.29) is 24.8 Å². The Labute approximate surface area is 230 Å². The van der Waals surface area contributed by atoms with Crippen molar-refractivity contribution in [2.75, 3.05) is 6.61 Å². The lowest BCUT2D eigenvalue weighted by Gasteiger charge is -2.35. The molecule has 2 aliphatic rings. The van der Waals surface area contributed by atoms with E-state index in [1.54, 1.807) is 0 Å². The van der Waals surface area contributed by atoms with Gasteiger partial charge < -0.3 is 19.6 Å². The summed E-state index contributed by atoms with van der Waals surface area (Å²) >= 11 is -1.39. The zero-order valence-corrected chi connectivity index (χ0v) is 25.7. The minimum atomic E-state index is -2.64. The summed E-state index contributed by atoms with van der Waals surface area (Å²) in [5, 5.41) is 0. The van der Waals surface area contributed by atoms with Crippen LogP contribution < -0.4 is 10.5 Å².